The number of ether oxygens (including phenoxy) is 2. The summed E-state index contributed by atoms with van der Waals surface area (Å²) in [5, 5.41) is 6.15. The normalized spacial score (nSPS) is 18.3. The molecule has 0 saturated carbocycles. The van der Waals surface area contributed by atoms with Crippen LogP contribution in [-0.2, 0) is 16.1 Å². The Labute approximate surface area is 211 Å². The van der Waals surface area contributed by atoms with Gasteiger partial charge in [-0.3, -0.25) is 4.79 Å². The van der Waals surface area contributed by atoms with Crippen molar-refractivity contribution in [3.05, 3.63) is 65.5 Å². The van der Waals surface area contributed by atoms with Crippen LogP contribution < -0.4 is 15.4 Å². The zero-order chi connectivity index (χ0) is 22.9. The molecule has 1 aliphatic heterocycles. The van der Waals surface area contributed by atoms with Crippen LogP contribution in [0.4, 0.5) is 4.39 Å². The number of halogens is 2. The molecule has 0 aliphatic carbocycles. The molecule has 0 bridgehead atoms. The van der Waals surface area contributed by atoms with Crippen LogP contribution in [0.15, 0.2) is 53.5 Å². The first kappa shape index (κ1) is 26.8. The van der Waals surface area contributed by atoms with Gasteiger partial charge in [-0.1, -0.05) is 24.3 Å². The number of guanidine groups is 1. The minimum absolute atomic E-state index is 0. The minimum Gasteiger partial charge on any atom is -0.497 e. The van der Waals surface area contributed by atoms with E-state index in [4.69, 9.17) is 9.47 Å². The van der Waals surface area contributed by atoms with Crippen LogP contribution in [0.25, 0.3) is 0 Å². The highest BCUT2D eigenvalue weighted by atomic mass is 127. The number of hydrogen-bond acceptors (Lipinski definition) is 4. The Morgan fingerprint density at radius 2 is 1.85 bits per heavy atom. The Morgan fingerprint density at radius 1 is 1.15 bits per heavy atom. The van der Waals surface area contributed by atoms with Gasteiger partial charge < -0.3 is 25.0 Å². The predicted molar refractivity (Wildman–Crippen MR) is 137 cm³/mol. The third-order valence-corrected chi connectivity index (χ3v) is 5.16. The quantitative estimate of drug-likeness (QED) is 0.303. The van der Waals surface area contributed by atoms with Gasteiger partial charge in [0.2, 0.25) is 5.91 Å². The van der Waals surface area contributed by atoms with Crippen LogP contribution in [-0.4, -0.2) is 56.2 Å². The summed E-state index contributed by atoms with van der Waals surface area (Å²) < 4.78 is 24.5. The second-order valence-corrected chi connectivity index (χ2v) is 7.69. The van der Waals surface area contributed by atoms with Gasteiger partial charge in [0.15, 0.2) is 5.96 Å². The fourth-order valence-electron chi connectivity index (χ4n) is 3.56. The Kier molecular flexibility index (Phi) is 10.9. The van der Waals surface area contributed by atoms with Crippen molar-refractivity contribution in [2.24, 2.45) is 4.99 Å². The zero-order valence-corrected chi connectivity index (χ0v) is 21.5. The first-order valence-electron chi connectivity index (χ1n) is 10.8. The maximum absolute atomic E-state index is 13.3. The highest BCUT2D eigenvalue weighted by Crippen LogP contribution is 2.25. The van der Waals surface area contributed by atoms with Gasteiger partial charge in [-0.25, -0.2) is 9.38 Å². The summed E-state index contributed by atoms with van der Waals surface area (Å²) in [6.45, 7) is 6.32. The van der Waals surface area contributed by atoms with Crippen molar-refractivity contribution < 1.29 is 18.7 Å². The van der Waals surface area contributed by atoms with Crippen molar-refractivity contribution in [3.63, 3.8) is 0 Å². The lowest BCUT2D eigenvalue weighted by Gasteiger charge is -2.38. The van der Waals surface area contributed by atoms with Crippen molar-refractivity contribution in [2.75, 3.05) is 33.3 Å². The molecule has 33 heavy (non-hydrogen) atoms. The lowest BCUT2D eigenvalue weighted by atomic mass is 10.1. The van der Waals surface area contributed by atoms with Crippen LogP contribution >= 0.6 is 24.0 Å². The van der Waals surface area contributed by atoms with Gasteiger partial charge in [0.05, 0.1) is 19.8 Å². The smallest absolute Gasteiger partial charge is 0.242 e. The van der Waals surface area contributed by atoms with Crippen LogP contribution in [0.2, 0.25) is 0 Å². The van der Waals surface area contributed by atoms with E-state index in [0.717, 1.165) is 16.9 Å². The molecule has 3 rings (SSSR count). The molecule has 1 amide bonds. The molecule has 0 aromatic heterocycles. The second-order valence-electron chi connectivity index (χ2n) is 7.69. The predicted octanol–water partition coefficient (Wildman–Crippen LogP) is 3.50. The SMILES string of the molecule is CCNC(=NCC(=O)NCc1ccc(OC)cc1)N1CC(C)OC(c2ccc(F)cc2)C1.I. The molecule has 1 heterocycles. The van der Waals surface area contributed by atoms with Gasteiger partial charge in [-0.05, 0) is 49.2 Å². The molecule has 1 aliphatic rings. The number of carbonyl (C=O) groups excluding carboxylic acids is 1. The van der Waals surface area contributed by atoms with Crippen molar-refractivity contribution >= 4 is 35.8 Å². The number of carbonyl (C=O) groups is 1. The first-order chi connectivity index (χ1) is 15.5. The van der Waals surface area contributed by atoms with E-state index < -0.39 is 0 Å². The van der Waals surface area contributed by atoms with Crippen LogP contribution in [0, 0.1) is 5.82 Å². The number of benzene rings is 2. The highest BCUT2D eigenvalue weighted by Gasteiger charge is 2.28. The fourth-order valence-corrected chi connectivity index (χ4v) is 3.56. The Bertz CT molecular complexity index is 909. The minimum atomic E-state index is -0.273. The van der Waals surface area contributed by atoms with Crippen molar-refractivity contribution in [2.45, 2.75) is 32.6 Å². The lowest BCUT2D eigenvalue weighted by molar-refractivity contribution is -0.119. The third kappa shape index (κ3) is 8.15. The average molecular weight is 570 g/mol. The Balaban J connectivity index is 0.00000385. The Morgan fingerprint density at radius 3 is 2.48 bits per heavy atom. The van der Waals surface area contributed by atoms with E-state index >= 15 is 0 Å². The number of methoxy groups -OCH3 is 1. The standard InChI is InChI=1S/C24H31FN4O3.HI/c1-4-26-24(28-14-23(30)27-13-18-5-11-21(31-3)12-6-18)29-15-17(2)32-22(16-29)19-7-9-20(25)10-8-19;/h5-12,17,22H,4,13-16H2,1-3H3,(H,26,28)(H,27,30);1H. The maximum Gasteiger partial charge on any atom is 0.242 e. The topological polar surface area (TPSA) is 75.2 Å². The molecule has 2 atom stereocenters. The molecule has 2 aromatic carbocycles. The number of nitrogens with zero attached hydrogens (tertiary/aromatic N) is 2. The van der Waals surface area contributed by atoms with E-state index in [1.54, 1.807) is 19.2 Å². The number of hydrogen-bond donors (Lipinski definition) is 2. The number of morpholine rings is 1. The van der Waals surface area contributed by atoms with Gasteiger partial charge in [-0.15, -0.1) is 24.0 Å². The van der Waals surface area contributed by atoms with E-state index in [2.05, 4.69) is 20.5 Å². The molecule has 2 unspecified atom stereocenters. The molecule has 2 aromatic rings. The van der Waals surface area contributed by atoms with Gasteiger partial charge >= 0.3 is 0 Å². The molecular weight excluding hydrogens is 538 g/mol. The average Bonchev–Trinajstić information content (AvgIpc) is 2.80. The summed E-state index contributed by atoms with van der Waals surface area (Å²) >= 11 is 0. The summed E-state index contributed by atoms with van der Waals surface area (Å²) in [5.74, 6) is 1.01. The summed E-state index contributed by atoms with van der Waals surface area (Å²) in [4.78, 5) is 19.0. The monoisotopic (exact) mass is 570 g/mol. The Hall–Kier alpha value is -2.40. The van der Waals surface area contributed by atoms with E-state index in [0.29, 0.717) is 32.1 Å². The lowest BCUT2D eigenvalue weighted by Crippen LogP contribution is -2.51. The first-order valence-corrected chi connectivity index (χ1v) is 10.8. The summed E-state index contributed by atoms with van der Waals surface area (Å²) in [6, 6.07) is 13.9. The summed E-state index contributed by atoms with van der Waals surface area (Å²) in [5.41, 5.74) is 1.90. The molecule has 1 fully saturated rings. The molecule has 2 N–H and O–H groups in total. The zero-order valence-electron chi connectivity index (χ0n) is 19.2. The van der Waals surface area contributed by atoms with Crippen LogP contribution in [0.5, 0.6) is 5.75 Å². The number of nitrogens with one attached hydrogen (secondary N) is 2. The number of aliphatic imine (C=N–C) groups is 1. The van der Waals surface area contributed by atoms with E-state index in [9.17, 15) is 9.18 Å². The third-order valence-electron chi connectivity index (χ3n) is 5.16. The van der Waals surface area contributed by atoms with Crippen LogP contribution in [0.1, 0.15) is 31.1 Å². The molecule has 0 radical (unpaired) electrons. The summed E-state index contributed by atoms with van der Waals surface area (Å²) in [7, 11) is 1.62. The van der Waals surface area contributed by atoms with Gasteiger partial charge in [0.1, 0.15) is 24.2 Å². The van der Waals surface area contributed by atoms with Gasteiger partial charge in [0, 0.05) is 19.6 Å². The number of amides is 1. The molecule has 7 nitrogen and oxygen atoms in total. The molecule has 9 heteroatoms. The largest absolute Gasteiger partial charge is 0.497 e. The van der Waals surface area contributed by atoms with E-state index in [1.807, 2.05) is 38.1 Å². The second kappa shape index (κ2) is 13.3. The van der Waals surface area contributed by atoms with E-state index in [1.165, 1.54) is 12.1 Å². The van der Waals surface area contributed by atoms with Crippen molar-refractivity contribution in [1.82, 2.24) is 15.5 Å². The molecule has 0 spiro atoms. The molecule has 1 saturated heterocycles. The van der Waals surface area contributed by atoms with Crippen molar-refractivity contribution in [1.29, 1.82) is 0 Å². The van der Waals surface area contributed by atoms with E-state index in [-0.39, 0.29) is 54.5 Å². The summed E-state index contributed by atoms with van der Waals surface area (Å²) in [6.07, 6.45) is -0.237. The maximum atomic E-state index is 13.3. The van der Waals surface area contributed by atoms with Crippen molar-refractivity contribution in [3.8, 4) is 5.75 Å². The highest BCUT2D eigenvalue weighted by molar-refractivity contribution is 14.0. The van der Waals surface area contributed by atoms with Gasteiger partial charge in [0.25, 0.3) is 0 Å². The van der Waals surface area contributed by atoms with Gasteiger partial charge in [-0.2, -0.15) is 0 Å². The molecular formula is C24H32FIN4O3. The number of rotatable bonds is 7. The molecule has 180 valence electrons. The fraction of sp³-hybridized carbons (Fsp3) is 0.417. The van der Waals surface area contributed by atoms with Crippen LogP contribution in [0.3, 0.4) is 0 Å².